The number of rotatable bonds is 6. The zero-order valence-corrected chi connectivity index (χ0v) is 17.7. The highest BCUT2D eigenvalue weighted by Crippen LogP contribution is 2.23. The van der Waals surface area contributed by atoms with E-state index in [4.69, 9.17) is 0 Å². The largest absolute Gasteiger partial charge is 0.372 e. The van der Waals surface area contributed by atoms with Crippen LogP contribution < -0.4 is 15.5 Å². The van der Waals surface area contributed by atoms with E-state index >= 15 is 0 Å². The molecule has 0 atom stereocenters. The van der Waals surface area contributed by atoms with Gasteiger partial charge in [0.2, 0.25) is 5.91 Å². The molecule has 1 aliphatic rings. The lowest BCUT2D eigenvalue weighted by atomic mass is 10.1. The summed E-state index contributed by atoms with van der Waals surface area (Å²) in [5.74, 6) is -0.00612. The number of benzene rings is 2. The van der Waals surface area contributed by atoms with Gasteiger partial charge in [-0.25, -0.2) is 4.68 Å². The van der Waals surface area contributed by atoms with Crippen molar-refractivity contribution in [1.82, 2.24) is 9.78 Å². The number of amides is 2. The third kappa shape index (κ3) is 4.94. The molecule has 1 aromatic heterocycles. The van der Waals surface area contributed by atoms with Crippen molar-refractivity contribution in [3.63, 3.8) is 0 Å². The first-order valence-electron chi connectivity index (χ1n) is 10.8. The molecule has 2 aromatic carbocycles. The summed E-state index contributed by atoms with van der Waals surface area (Å²) >= 11 is 0. The fourth-order valence-electron chi connectivity index (χ4n) is 3.68. The monoisotopic (exact) mass is 417 g/mol. The lowest BCUT2D eigenvalue weighted by molar-refractivity contribution is -0.115. The summed E-state index contributed by atoms with van der Waals surface area (Å²) in [5, 5.41) is 10.2. The summed E-state index contributed by atoms with van der Waals surface area (Å²) in [6.45, 7) is 3.93. The molecule has 1 aliphatic heterocycles. The van der Waals surface area contributed by atoms with Crippen molar-refractivity contribution in [2.24, 2.45) is 0 Å². The molecule has 31 heavy (non-hydrogen) atoms. The average Bonchev–Trinajstić information content (AvgIpc) is 3.24. The smallest absolute Gasteiger partial charge is 0.276 e. The SMILES string of the molecule is CCC(=O)Nc1cc(C(=O)Nc2ccc(N3CCCCC3)cc2)nn1-c1ccccc1. The molecule has 2 heterocycles. The Bertz CT molecular complexity index is 1040. The van der Waals surface area contributed by atoms with Gasteiger partial charge in [-0.15, -0.1) is 0 Å². The summed E-state index contributed by atoms with van der Waals surface area (Å²) in [7, 11) is 0. The van der Waals surface area contributed by atoms with Gasteiger partial charge in [0.05, 0.1) is 5.69 Å². The highest BCUT2D eigenvalue weighted by Gasteiger charge is 2.17. The van der Waals surface area contributed by atoms with Crippen LogP contribution >= 0.6 is 0 Å². The minimum absolute atomic E-state index is 0.141. The van der Waals surface area contributed by atoms with Crippen molar-refractivity contribution >= 4 is 29.0 Å². The van der Waals surface area contributed by atoms with Crippen molar-refractivity contribution < 1.29 is 9.59 Å². The quantitative estimate of drug-likeness (QED) is 0.620. The van der Waals surface area contributed by atoms with Crippen molar-refractivity contribution in [2.45, 2.75) is 32.6 Å². The first-order chi connectivity index (χ1) is 15.1. The lowest BCUT2D eigenvalue weighted by Crippen LogP contribution is -2.29. The molecule has 0 radical (unpaired) electrons. The second-order valence-corrected chi connectivity index (χ2v) is 7.61. The number of hydrogen-bond acceptors (Lipinski definition) is 4. The Labute approximate surface area is 182 Å². The van der Waals surface area contributed by atoms with Crippen LogP contribution in [0.1, 0.15) is 43.1 Å². The van der Waals surface area contributed by atoms with E-state index in [9.17, 15) is 9.59 Å². The second kappa shape index (κ2) is 9.47. The predicted molar refractivity (Wildman–Crippen MR) is 123 cm³/mol. The van der Waals surface area contributed by atoms with Crippen LogP contribution in [0.15, 0.2) is 60.7 Å². The highest BCUT2D eigenvalue weighted by molar-refractivity contribution is 6.04. The number of nitrogens with one attached hydrogen (secondary N) is 2. The molecule has 0 bridgehead atoms. The number of nitrogens with zero attached hydrogens (tertiary/aromatic N) is 3. The van der Waals surface area contributed by atoms with Crippen LogP contribution in [0.25, 0.3) is 5.69 Å². The van der Waals surface area contributed by atoms with Crippen molar-refractivity contribution in [1.29, 1.82) is 0 Å². The van der Waals surface area contributed by atoms with E-state index in [0.29, 0.717) is 17.9 Å². The van der Waals surface area contributed by atoms with E-state index in [0.717, 1.165) is 18.8 Å². The van der Waals surface area contributed by atoms with Gasteiger partial charge in [0, 0.05) is 37.0 Å². The molecule has 2 amide bonds. The Morgan fingerprint density at radius 3 is 2.29 bits per heavy atom. The zero-order valence-electron chi connectivity index (χ0n) is 17.7. The lowest BCUT2D eigenvalue weighted by Gasteiger charge is -2.28. The Hall–Kier alpha value is -3.61. The van der Waals surface area contributed by atoms with Crippen LogP contribution in [0, 0.1) is 0 Å². The Balaban J connectivity index is 1.52. The summed E-state index contributed by atoms with van der Waals surface area (Å²) in [6.07, 6.45) is 4.07. The first-order valence-corrected chi connectivity index (χ1v) is 10.8. The Morgan fingerprint density at radius 1 is 0.903 bits per heavy atom. The molecule has 0 saturated carbocycles. The molecule has 160 valence electrons. The number of hydrogen-bond donors (Lipinski definition) is 2. The van der Waals surface area contributed by atoms with Gasteiger partial charge in [0.1, 0.15) is 5.82 Å². The van der Waals surface area contributed by atoms with Crippen molar-refractivity contribution in [2.75, 3.05) is 28.6 Å². The van der Waals surface area contributed by atoms with E-state index in [1.54, 1.807) is 17.7 Å². The fraction of sp³-hybridized carbons (Fsp3) is 0.292. The highest BCUT2D eigenvalue weighted by atomic mass is 16.2. The summed E-state index contributed by atoms with van der Waals surface area (Å²) in [6, 6.07) is 18.9. The number of carbonyl (C=O) groups is 2. The fourth-order valence-corrected chi connectivity index (χ4v) is 3.68. The standard InChI is InChI=1S/C24H27N5O2/c1-2-23(30)26-22-17-21(27-29(22)20-9-5-3-6-10-20)24(31)25-18-11-13-19(14-12-18)28-15-7-4-8-16-28/h3,5-6,9-14,17H,2,4,7-8,15-16H2,1H3,(H,25,31)(H,26,30). The number of carbonyl (C=O) groups excluding carboxylic acids is 2. The molecule has 2 N–H and O–H groups in total. The zero-order chi connectivity index (χ0) is 21.6. The summed E-state index contributed by atoms with van der Waals surface area (Å²) in [5.41, 5.74) is 2.88. The third-order valence-electron chi connectivity index (χ3n) is 5.38. The minimum atomic E-state index is -0.326. The number of piperidine rings is 1. The molecule has 0 unspecified atom stereocenters. The normalized spacial score (nSPS) is 13.6. The van der Waals surface area contributed by atoms with Gasteiger partial charge >= 0.3 is 0 Å². The molecule has 7 heteroatoms. The molecule has 0 spiro atoms. The summed E-state index contributed by atoms with van der Waals surface area (Å²) in [4.78, 5) is 27.2. The second-order valence-electron chi connectivity index (χ2n) is 7.61. The van der Waals surface area contributed by atoms with Gasteiger partial charge in [0.25, 0.3) is 5.91 Å². The van der Waals surface area contributed by atoms with Gasteiger partial charge < -0.3 is 15.5 Å². The van der Waals surface area contributed by atoms with Crippen molar-refractivity contribution in [3.8, 4) is 5.69 Å². The van der Waals surface area contributed by atoms with Crippen LogP contribution in [0.5, 0.6) is 0 Å². The van der Waals surface area contributed by atoms with Gasteiger partial charge in [-0.2, -0.15) is 5.10 Å². The van der Waals surface area contributed by atoms with E-state index in [1.165, 1.54) is 24.9 Å². The van der Waals surface area contributed by atoms with Crippen molar-refractivity contribution in [3.05, 3.63) is 66.4 Å². The maximum Gasteiger partial charge on any atom is 0.276 e. The predicted octanol–water partition coefficient (Wildman–Crippen LogP) is 4.46. The third-order valence-corrected chi connectivity index (χ3v) is 5.38. The number of aromatic nitrogens is 2. The maximum absolute atomic E-state index is 12.8. The molecule has 4 rings (SSSR count). The van der Waals surface area contributed by atoms with Crippen LogP contribution in [-0.2, 0) is 4.79 Å². The first kappa shape index (κ1) is 20.7. The molecular weight excluding hydrogens is 390 g/mol. The molecule has 7 nitrogen and oxygen atoms in total. The number of anilines is 3. The average molecular weight is 418 g/mol. The van der Waals surface area contributed by atoms with Gasteiger partial charge in [-0.1, -0.05) is 25.1 Å². The van der Waals surface area contributed by atoms with E-state index in [2.05, 4.69) is 20.6 Å². The molecule has 1 fully saturated rings. The Kier molecular flexibility index (Phi) is 6.31. The van der Waals surface area contributed by atoms with E-state index in [-0.39, 0.29) is 17.5 Å². The summed E-state index contributed by atoms with van der Waals surface area (Å²) < 4.78 is 1.57. The van der Waals surface area contributed by atoms with Gasteiger partial charge in [-0.05, 0) is 55.7 Å². The van der Waals surface area contributed by atoms with E-state index < -0.39 is 0 Å². The molecular formula is C24H27N5O2. The number of para-hydroxylation sites is 1. The van der Waals surface area contributed by atoms with E-state index in [1.807, 2.05) is 54.6 Å². The van der Waals surface area contributed by atoms with Crippen LogP contribution in [0.2, 0.25) is 0 Å². The topological polar surface area (TPSA) is 79.3 Å². The minimum Gasteiger partial charge on any atom is -0.372 e. The van der Waals surface area contributed by atoms with Gasteiger partial charge in [0.15, 0.2) is 5.69 Å². The van der Waals surface area contributed by atoms with Crippen LogP contribution in [-0.4, -0.2) is 34.7 Å². The Morgan fingerprint density at radius 2 is 1.61 bits per heavy atom. The van der Waals surface area contributed by atoms with Crippen LogP contribution in [0.3, 0.4) is 0 Å². The molecule has 3 aromatic rings. The maximum atomic E-state index is 12.8. The molecule has 0 aliphatic carbocycles. The van der Waals surface area contributed by atoms with Gasteiger partial charge in [-0.3, -0.25) is 9.59 Å². The molecule has 1 saturated heterocycles. The van der Waals surface area contributed by atoms with Crippen LogP contribution in [0.4, 0.5) is 17.2 Å².